The topological polar surface area (TPSA) is 46.5 Å². The number of carboxylic acids is 1. The van der Waals surface area contributed by atoms with E-state index in [-0.39, 0.29) is 0 Å². The zero-order valence-electron chi connectivity index (χ0n) is 11.4. The van der Waals surface area contributed by atoms with Crippen molar-refractivity contribution in [2.24, 2.45) is 0 Å². The van der Waals surface area contributed by atoms with Crippen molar-refractivity contribution in [1.82, 2.24) is 0 Å². The van der Waals surface area contributed by atoms with Gasteiger partial charge in [-0.25, -0.2) is 4.79 Å². The van der Waals surface area contributed by atoms with Crippen LogP contribution in [0.25, 0.3) is 0 Å². The first-order valence-corrected chi connectivity index (χ1v) is 7.33. The number of rotatable bonds is 8. The Hall–Kier alpha value is -1.70. The van der Waals surface area contributed by atoms with Crippen molar-refractivity contribution in [3.63, 3.8) is 0 Å². The first-order chi connectivity index (χ1) is 9.67. The van der Waals surface area contributed by atoms with Crippen LogP contribution in [0, 0.1) is 12.3 Å². The number of terminal acetylenes is 1. The first-order valence-electron chi connectivity index (χ1n) is 6.34. The van der Waals surface area contributed by atoms with E-state index in [0.717, 1.165) is 16.2 Å². The summed E-state index contributed by atoms with van der Waals surface area (Å²) in [5, 5.41) is 9.03. The van der Waals surface area contributed by atoms with Gasteiger partial charge in [0.2, 0.25) is 0 Å². The molecule has 3 nitrogen and oxygen atoms in total. The second kappa shape index (κ2) is 9.24. The number of carbonyl (C=O) groups is 1. The molecule has 0 aliphatic rings. The summed E-state index contributed by atoms with van der Waals surface area (Å²) in [4.78, 5) is 12.1. The van der Waals surface area contributed by atoms with Crippen molar-refractivity contribution in [3.05, 3.63) is 42.0 Å². The van der Waals surface area contributed by atoms with Gasteiger partial charge in [0.25, 0.3) is 0 Å². The number of thioether (sulfide) groups is 1. The first kappa shape index (κ1) is 16.4. The molecule has 1 atom stereocenters. The van der Waals surface area contributed by atoms with Gasteiger partial charge in [0.05, 0.1) is 0 Å². The SMILES string of the molecule is C#CC=CCSc1ccc(CC(OCC)C(=O)O)cc1. The number of allylic oxidation sites excluding steroid dienone is 1. The molecule has 0 radical (unpaired) electrons. The van der Waals surface area contributed by atoms with Gasteiger partial charge in [-0.15, -0.1) is 18.2 Å². The van der Waals surface area contributed by atoms with Gasteiger partial charge in [0.15, 0.2) is 6.10 Å². The van der Waals surface area contributed by atoms with Crippen molar-refractivity contribution in [2.75, 3.05) is 12.4 Å². The molecule has 1 aromatic carbocycles. The highest BCUT2D eigenvalue weighted by Crippen LogP contribution is 2.19. The van der Waals surface area contributed by atoms with Gasteiger partial charge in [0.1, 0.15) is 0 Å². The third-order valence-electron chi connectivity index (χ3n) is 2.55. The van der Waals surface area contributed by atoms with E-state index in [0.29, 0.717) is 13.0 Å². The van der Waals surface area contributed by atoms with E-state index in [1.54, 1.807) is 24.8 Å². The minimum absolute atomic E-state index is 0.380. The fourth-order valence-corrected chi connectivity index (χ4v) is 2.33. The Morgan fingerprint density at radius 3 is 2.75 bits per heavy atom. The Kier molecular flexibility index (Phi) is 7.56. The number of hydrogen-bond donors (Lipinski definition) is 1. The minimum atomic E-state index is -0.926. The van der Waals surface area contributed by atoms with Gasteiger partial charge in [-0.05, 0) is 30.7 Å². The van der Waals surface area contributed by atoms with Gasteiger partial charge < -0.3 is 9.84 Å². The number of benzene rings is 1. The van der Waals surface area contributed by atoms with Gasteiger partial charge in [-0.3, -0.25) is 0 Å². The highest BCUT2D eigenvalue weighted by molar-refractivity contribution is 7.99. The molecular weight excluding hydrogens is 272 g/mol. The number of ether oxygens (including phenoxy) is 1. The fourth-order valence-electron chi connectivity index (χ4n) is 1.62. The van der Waals surface area contributed by atoms with Gasteiger partial charge in [0, 0.05) is 23.7 Å². The lowest BCUT2D eigenvalue weighted by Crippen LogP contribution is -2.26. The van der Waals surface area contributed by atoms with Crippen molar-refractivity contribution < 1.29 is 14.6 Å². The maximum atomic E-state index is 11.0. The van der Waals surface area contributed by atoms with E-state index >= 15 is 0 Å². The predicted molar refractivity (Wildman–Crippen MR) is 81.9 cm³/mol. The Morgan fingerprint density at radius 1 is 1.50 bits per heavy atom. The lowest BCUT2D eigenvalue weighted by atomic mass is 10.1. The molecule has 0 heterocycles. The van der Waals surface area contributed by atoms with Crippen LogP contribution >= 0.6 is 11.8 Å². The van der Waals surface area contributed by atoms with E-state index in [2.05, 4.69) is 5.92 Å². The maximum absolute atomic E-state index is 11.0. The number of hydrogen-bond acceptors (Lipinski definition) is 3. The molecule has 0 aliphatic carbocycles. The molecule has 1 unspecified atom stereocenters. The summed E-state index contributed by atoms with van der Waals surface area (Å²) in [6.45, 7) is 2.19. The second-order valence-electron chi connectivity index (χ2n) is 4.01. The van der Waals surface area contributed by atoms with Crippen molar-refractivity contribution >= 4 is 17.7 Å². The predicted octanol–water partition coefficient (Wildman–Crippen LogP) is 3.00. The second-order valence-corrected chi connectivity index (χ2v) is 5.10. The van der Waals surface area contributed by atoms with Gasteiger partial charge in [-0.1, -0.05) is 24.1 Å². The molecule has 0 aromatic heterocycles. The number of aliphatic carboxylic acids is 1. The molecule has 0 fully saturated rings. The Labute approximate surface area is 124 Å². The minimum Gasteiger partial charge on any atom is -0.479 e. The summed E-state index contributed by atoms with van der Waals surface area (Å²) in [5.74, 6) is 2.34. The summed E-state index contributed by atoms with van der Waals surface area (Å²) in [7, 11) is 0. The molecule has 0 spiro atoms. The van der Waals surface area contributed by atoms with Gasteiger partial charge >= 0.3 is 5.97 Å². The molecule has 0 saturated carbocycles. The summed E-state index contributed by atoms with van der Waals surface area (Å²) < 4.78 is 5.20. The Balaban J connectivity index is 2.55. The fraction of sp³-hybridized carbons (Fsp3) is 0.312. The monoisotopic (exact) mass is 290 g/mol. The van der Waals surface area contributed by atoms with Gasteiger partial charge in [-0.2, -0.15) is 0 Å². The van der Waals surface area contributed by atoms with Crippen LogP contribution in [-0.2, 0) is 16.0 Å². The molecule has 0 aliphatic heterocycles. The Morgan fingerprint density at radius 2 is 2.20 bits per heavy atom. The van der Waals surface area contributed by atoms with Crippen LogP contribution in [0.1, 0.15) is 12.5 Å². The standard InChI is InChI=1S/C16H18O3S/c1-3-5-6-11-20-14-9-7-13(8-10-14)12-15(16(17)18)19-4-2/h1,5-10,15H,4,11-12H2,2H3,(H,17,18). The van der Waals surface area contributed by atoms with Crippen molar-refractivity contribution in [2.45, 2.75) is 24.3 Å². The summed E-state index contributed by atoms with van der Waals surface area (Å²) >= 11 is 1.67. The largest absolute Gasteiger partial charge is 0.479 e. The molecule has 1 N–H and O–H groups in total. The van der Waals surface area contributed by atoms with Crippen molar-refractivity contribution in [3.8, 4) is 12.3 Å². The van der Waals surface area contributed by atoms with Crippen LogP contribution in [0.5, 0.6) is 0 Å². The molecule has 0 amide bonds. The summed E-state index contributed by atoms with van der Waals surface area (Å²) in [6.07, 6.45) is 8.32. The third kappa shape index (κ3) is 5.96. The van der Waals surface area contributed by atoms with Crippen LogP contribution in [-0.4, -0.2) is 29.5 Å². The van der Waals surface area contributed by atoms with Crippen LogP contribution in [0.2, 0.25) is 0 Å². The van der Waals surface area contributed by atoms with Crippen LogP contribution in [0.4, 0.5) is 0 Å². The zero-order chi connectivity index (χ0) is 14.8. The van der Waals surface area contributed by atoms with Crippen LogP contribution < -0.4 is 0 Å². The quantitative estimate of drug-likeness (QED) is 0.590. The normalized spacial score (nSPS) is 12.2. The molecule has 20 heavy (non-hydrogen) atoms. The highest BCUT2D eigenvalue weighted by Gasteiger charge is 2.17. The molecule has 1 aromatic rings. The highest BCUT2D eigenvalue weighted by atomic mass is 32.2. The molecular formula is C16H18O3S. The van der Waals surface area contributed by atoms with Crippen LogP contribution in [0.3, 0.4) is 0 Å². The maximum Gasteiger partial charge on any atom is 0.333 e. The van der Waals surface area contributed by atoms with Crippen molar-refractivity contribution in [1.29, 1.82) is 0 Å². The molecule has 0 bridgehead atoms. The summed E-state index contributed by atoms with van der Waals surface area (Å²) in [6, 6.07) is 7.83. The molecule has 1 rings (SSSR count). The lowest BCUT2D eigenvalue weighted by molar-refractivity contribution is -0.149. The van der Waals surface area contributed by atoms with E-state index in [4.69, 9.17) is 16.3 Å². The average Bonchev–Trinajstić information content (AvgIpc) is 2.44. The van der Waals surface area contributed by atoms with E-state index in [1.807, 2.05) is 30.3 Å². The molecule has 0 saturated heterocycles. The summed E-state index contributed by atoms with van der Waals surface area (Å²) in [5.41, 5.74) is 0.953. The third-order valence-corrected chi connectivity index (χ3v) is 3.51. The average molecular weight is 290 g/mol. The smallest absolute Gasteiger partial charge is 0.333 e. The van der Waals surface area contributed by atoms with E-state index in [9.17, 15) is 4.79 Å². The molecule has 4 heteroatoms. The lowest BCUT2D eigenvalue weighted by Gasteiger charge is -2.12. The number of carboxylic acid groups (broad SMARTS) is 1. The Bertz CT molecular complexity index is 485. The molecule has 106 valence electrons. The van der Waals surface area contributed by atoms with Crippen LogP contribution in [0.15, 0.2) is 41.3 Å². The van der Waals surface area contributed by atoms with E-state index in [1.165, 1.54) is 0 Å². The zero-order valence-corrected chi connectivity index (χ0v) is 12.2. The van der Waals surface area contributed by atoms with E-state index < -0.39 is 12.1 Å².